The molecular weight excluding hydrogens is 288 g/mol. The van der Waals surface area contributed by atoms with Gasteiger partial charge in [0, 0.05) is 10.7 Å². The summed E-state index contributed by atoms with van der Waals surface area (Å²) in [7, 11) is 1.62. The Morgan fingerprint density at radius 3 is 2.76 bits per heavy atom. The number of fused-ring (bicyclic) bond motifs is 1. The maximum atomic E-state index is 6.06. The minimum atomic E-state index is 0.630. The van der Waals surface area contributed by atoms with E-state index in [0.29, 0.717) is 16.6 Å². The lowest BCUT2D eigenvalue weighted by Crippen LogP contribution is -2.00. The number of methoxy groups -OCH3 is 1. The van der Waals surface area contributed by atoms with Crippen molar-refractivity contribution in [1.29, 1.82) is 0 Å². The molecule has 0 aliphatic heterocycles. The van der Waals surface area contributed by atoms with Crippen LogP contribution in [0.15, 0.2) is 24.3 Å². The summed E-state index contributed by atoms with van der Waals surface area (Å²) in [6, 6.07) is 7.42. The van der Waals surface area contributed by atoms with Crippen LogP contribution in [0.3, 0.4) is 0 Å². The first-order chi connectivity index (χ1) is 10.1. The quantitative estimate of drug-likeness (QED) is 0.768. The summed E-state index contributed by atoms with van der Waals surface area (Å²) in [5, 5.41) is 4.84. The van der Waals surface area contributed by atoms with Gasteiger partial charge in [0.05, 0.1) is 18.2 Å². The minimum Gasteiger partial charge on any atom is -0.495 e. The molecule has 0 unspecified atom stereocenters. The molecule has 21 heavy (non-hydrogen) atoms. The number of hydrogen-bond acceptors (Lipinski definition) is 4. The molecule has 0 radical (unpaired) electrons. The Morgan fingerprint density at radius 1 is 1.19 bits per heavy atom. The molecular formula is C15H15ClN4O. The third kappa shape index (κ3) is 2.64. The standard InChI is InChI=1S/C15H15ClN4O/c1-8-6-11-14(17-8)18-9(2)19-15(11)20-12-7-10(16)4-5-13(12)21-3/h4-7H,1-3H3,(H2,17,18,19,20). The second-order valence-electron chi connectivity index (χ2n) is 4.80. The first-order valence-corrected chi connectivity index (χ1v) is 6.89. The lowest BCUT2D eigenvalue weighted by atomic mass is 10.2. The van der Waals surface area contributed by atoms with Crippen LogP contribution in [0.5, 0.6) is 5.75 Å². The van der Waals surface area contributed by atoms with Gasteiger partial charge >= 0.3 is 0 Å². The Balaban J connectivity index is 2.11. The third-order valence-electron chi connectivity index (χ3n) is 3.15. The van der Waals surface area contributed by atoms with Crippen LogP contribution in [0.1, 0.15) is 11.5 Å². The number of ether oxygens (including phenoxy) is 1. The summed E-state index contributed by atoms with van der Waals surface area (Å²) in [6.45, 7) is 3.84. The van der Waals surface area contributed by atoms with Crippen LogP contribution in [0, 0.1) is 13.8 Å². The summed E-state index contributed by atoms with van der Waals surface area (Å²) in [5.74, 6) is 2.12. The molecule has 0 bridgehead atoms. The van der Waals surface area contributed by atoms with E-state index in [2.05, 4.69) is 20.3 Å². The molecule has 0 spiro atoms. The number of anilines is 2. The highest BCUT2D eigenvalue weighted by molar-refractivity contribution is 6.31. The SMILES string of the molecule is COc1ccc(Cl)cc1Nc1nc(C)nc2[nH]c(C)cc12. The molecule has 0 atom stereocenters. The van der Waals surface area contributed by atoms with E-state index in [4.69, 9.17) is 16.3 Å². The molecule has 5 nitrogen and oxygen atoms in total. The molecule has 1 aromatic carbocycles. The molecule has 108 valence electrons. The van der Waals surface area contributed by atoms with Crippen molar-refractivity contribution in [3.63, 3.8) is 0 Å². The normalized spacial score (nSPS) is 10.9. The zero-order chi connectivity index (χ0) is 15.0. The third-order valence-corrected chi connectivity index (χ3v) is 3.38. The van der Waals surface area contributed by atoms with Crippen molar-refractivity contribution in [3.05, 3.63) is 40.8 Å². The molecule has 0 saturated carbocycles. The van der Waals surface area contributed by atoms with Crippen molar-refractivity contribution in [2.24, 2.45) is 0 Å². The first kappa shape index (κ1) is 13.7. The predicted molar refractivity (Wildman–Crippen MR) is 84.6 cm³/mol. The van der Waals surface area contributed by atoms with Gasteiger partial charge in [0.25, 0.3) is 0 Å². The van der Waals surface area contributed by atoms with E-state index in [1.807, 2.05) is 32.0 Å². The zero-order valence-corrected chi connectivity index (χ0v) is 12.7. The van der Waals surface area contributed by atoms with E-state index in [-0.39, 0.29) is 0 Å². The molecule has 2 N–H and O–H groups in total. The van der Waals surface area contributed by atoms with E-state index in [0.717, 1.165) is 28.2 Å². The predicted octanol–water partition coefficient (Wildman–Crippen LogP) is 3.98. The molecule has 2 heterocycles. The molecule has 0 fully saturated rings. The highest BCUT2D eigenvalue weighted by Gasteiger charge is 2.11. The molecule has 3 rings (SSSR count). The number of aromatic amines is 1. The number of benzene rings is 1. The van der Waals surface area contributed by atoms with Gasteiger partial charge in [-0.15, -0.1) is 0 Å². The molecule has 6 heteroatoms. The molecule has 0 amide bonds. The van der Waals surface area contributed by atoms with E-state index in [9.17, 15) is 0 Å². The number of aryl methyl sites for hydroxylation is 2. The van der Waals surface area contributed by atoms with Gasteiger partial charge in [-0.1, -0.05) is 11.6 Å². The second kappa shape index (κ2) is 5.26. The van der Waals surface area contributed by atoms with Crippen LogP contribution < -0.4 is 10.1 Å². The van der Waals surface area contributed by atoms with Crippen molar-refractivity contribution in [2.75, 3.05) is 12.4 Å². The molecule has 0 aliphatic carbocycles. The van der Waals surface area contributed by atoms with Gasteiger partial charge in [0.1, 0.15) is 23.0 Å². The smallest absolute Gasteiger partial charge is 0.143 e. The summed E-state index contributed by atoms with van der Waals surface area (Å²) in [4.78, 5) is 12.1. The van der Waals surface area contributed by atoms with Gasteiger partial charge < -0.3 is 15.0 Å². The van der Waals surface area contributed by atoms with Crippen LogP contribution in [0.2, 0.25) is 5.02 Å². The van der Waals surface area contributed by atoms with Gasteiger partial charge in [-0.05, 0) is 38.1 Å². The molecule has 0 saturated heterocycles. The van der Waals surface area contributed by atoms with E-state index in [1.165, 1.54) is 0 Å². The lowest BCUT2D eigenvalue weighted by Gasteiger charge is -2.12. The molecule has 2 aromatic heterocycles. The lowest BCUT2D eigenvalue weighted by molar-refractivity contribution is 0.417. The fraction of sp³-hybridized carbons (Fsp3) is 0.200. The summed E-state index contributed by atoms with van der Waals surface area (Å²) in [6.07, 6.45) is 0. The number of hydrogen-bond donors (Lipinski definition) is 2. The summed E-state index contributed by atoms with van der Waals surface area (Å²) >= 11 is 6.06. The van der Waals surface area contributed by atoms with Crippen LogP contribution in [0.4, 0.5) is 11.5 Å². The van der Waals surface area contributed by atoms with Crippen molar-refractivity contribution in [1.82, 2.24) is 15.0 Å². The topological polar surface area (TPSA) is 62.8 Å². The van der Waals surface area contributed by atoms with E-state index >= 15 is 0 Å². The van der Waals surface area contributed by atoms with Gasteiger partial charge in [-0.25, -0.2) is 9.97 Å². The average Bonchev–Trinajstić information content (AvgIpc) is 2.79. The Kier molecular flexibility index (Phi) is 3.43. The fourth-order valence-electron chi connectivity index (χ4n) is 2.25. The number of rotatable bonds is 3. The van der Waals surface area contributed by atoms with Gasteiger partial charge in [-0.3, -0.25) is 0 Å². The van der Waals surface area contributed by atoms with Crippen LogP contribution >= 0.6 is 11.6 Å². The molecule has 3 aromatic rings. The Labute approximate surface area is 127 Å². The first-order valence-electron chi connectivity index (χ1n) is 6.51. The zero-order valence-electron chi connectivity index (χ0n) is 12.0. The minimum absolute atomic E-state index is 0.630. The van der Waals surface area contributed by atoms with Crippen LogP contribution in [0.25, 0.3) is 11.0 Å². The van der Waals surface area contributed by atoms with Crippen LogP contribution in [-0.4, -0.2) is 22.1 Å². The van der Waals surface area contributed by atoms with Crippen molar-refractivity contribution in [3.8, 4) is 5.75 Å². The number of halogens is 1. The largest absolute Gasteiger partial charge is 0.495 e. The van der Waals surface area contributed by atoms with Gasteiger partial charge in [-0.2, -0.15) is 0 Å². The summed E-state index contributed by atoms with van der Waals surface area (Å²) in [5.41, 5.74) is 2.61. The maximum Gasteiger partial charge on any atom is 0.143 e. The fourth-order valence-corrected chi connectivity index (χ4v) is 2.43. The van der Waals surface area contributed by atoms with Gasteiger partial charge in [0.2, 0.25) is 0 Å². The second-order valence-corrected chi connectivity index (χ2v) is 5.24. The number of H-pyrrole nitrogens is 1. The highest BCUT2D eigenvalue weighted by atomic mass is 35.5. The average molecular weight is 303 g/mol. The maximum absolute atomic E-state index is 6.06. The summed E-state index contributed by atoms with van der Waals surface area (Å²) < 4.78 is 5.35. The highest BCUT2D eigenvalue weighted by Crippen LogP contribution is 2.32. The van der Waals surface area contributed by atoms with Crippen molar-refractivity contribution < 1.29 is 4.74 Å². The number of nitrogens with one attached hydrogen (secondary N) is 2. The number of nitrogens with zero attached hydrogens (tertiary/aromatic N) is 2. The van der Waals surface area contributed by atoms with E-state index < -0.39 is 0 Å². The van der Waals surface area contributed by atoms with Crippen molar-refractivity contribution >= 4 is 34.1 Å². The molecule has 0 aliphatic rings. The van der Waals surface area contributed by atoms with Gasteiger partial charge in [0.15, 0.2) is 0 Å². The number of aromatic nitrogens is 3. The Morgan fingerprint density at radius 2 is 2.00 bits per heavy atom. The van der Waals surface area contributed by atoms with Crippen LogP contribution in [-0.2, 0) is 0 Å². The van der Waals surface area contributed by atoms with Crippen molar-refractivity contribution in [2.45, 2.75) is 13.8 Å². The Hall–Kier alpha value is -2.27. The Bertz CT molecular complexity index is 813. The van der Waals surface area contributed by atoms with E-state index in [1.54, 1.807) is 13.2 Å². The monoisotopic (exact) mass is 302 g/mol.